The fourth-order valence-corrected chi connectivity index (χ4v) is 25.5. The Balaban J connectivity index is -0.000000149. The molecule has 0 aromatic rings. The van der Waals surface area contributed by atoms with Crippen LogP contribution in [0.15, 0.2) is 171 Å². The average molecular weight is 2080 g/mol. The van der Waals surface area contributed by atoms with Crippen LogP contribution in [0.4, 0.5) is 0 Å². The third-order valence-electron chi connectivity index (χ3n) is 22.5. The van der Waals surface area contributed by atoms with E-state index in [1.165, 1.54) is 89.9 Å². The van der Waals surface area contributed by atoms with E-state index in [0.29, 0.717) is 10.8 Å². The number of allylic oxidation sites excluding steroid dienone is 26. The molecule has 0 nitrogen and oxygen atoms in total. The third-order valence-corrected chi connectivity index (χ3v) is 31.0. The molecule has 0 spiro atoms. The average Bonchev–Trinajstić information content (AvgIpc) is 1.62. The van der Waals surface area contributed by atoms with Gasteiger partial charge in [0, 0.05) is 24.2 Å². The molecule has 18 atom stereocenters. The van der Waals surface area contributed by atoms with E-state index in [1.54, 1.807) is 0 Å². The van der Waals surface area contributed by atoms with E-state index < -0.39 is 119 Å². The number of hydrogen-bond donors (Lipinski definition) is 0. The van der Waals surface area contributed by atoms with Crippen molar-refractivity contribution in [3.05, 3.63) is 238 Å². The van der Waals surface area contributed by atoms with Crippen LogP contribution in [0.25, 0.3) is 0 Å². The minimum atomic E-state index is -1.92. The summed E-state index contributed by atoms with van der Waals surface area (Å²) >= 11 is -7.42. The minimum absolute atomic E-state index is 0. The maximum absolute atomic E-state index is 4.97. The van der Waals surface area contributed by atoms with Gasteiger partial charge < -0.3 is 66.8 Å². The van der Waals surface area contributed by atoms with Crippen LogP contribution in [0, 0.1) is 166 Å². The van der Waals surface area contributed by atoms with E-state index in [9.17, 15) is 0 Å². The van der Waals surface area contributed by atoms with Crippen LogP contribution in [0.3, 0.4) is 0 Å². The first kappa shape index (κ1) is 134. The molecule has 0 aromatic heterocycles. The second-order valence-electron chi connectivity index (χ2n) is 33.0. The zero-order chi connectivity index (χ0) is 76.7. The van der Waals surface area contributed by atoms with Gasteiger partial charge in [-0.05, 0) is 193 Å². The fraction of sp³-hybridized carbons (Fsp3) is 0.570. The van der Waals surface area contributed by atoms with Crippen molar-refractivity contribution < 1.29 is 95.2 Å². The number of halogens is 15. The molecular weight excluding hydrogens is 1940 g/mol. The predicted octanol–water partition coefficient (Wildman–Crippen LogP) is 37.8. The van der Waals surface area contributed by atoms with Crippen LogP contribution in [-0.2, 0) is 95.2 Å². The van der Waals surface area contributed by atoms with Crippen LogP contribution in [0.1, 0.15) is 131 Å². The molecule has 12 aliphatic carbocycles. The number of rotatable bonds is 9. The van der Waals surface area contributed by atoms with Gasteiger partial charge in [0.05, 0.1) is 0 Å². The predicted molar refractivity (Wildman–Crippen MR) is 512 cm³/mol. The summed E-state index contributed by atoms with van der Waals surface area (Å²) in [5, 5.41) is 0. The standard InChI is InChI=1S/C16H24.C15H28Si2.C13H20.C12H20Si.C12H16.C9H12.9CH3.15ClH.6Ti/c1-4-5-12-16(2,3)15-11-10-13-8-6-7-9-14(13)15;1-16(2,3)14-11-15(17(4,5)6)13-10-8-7-9-12(13)14;2*1-13(2,3)12-9-8-10-6-4-5-7-11(10)12;1-2-5-10-8-9-11-6-3-4-7-12(10)11;1-2-5-9-7-3-6-8(9)4-1;;;;;;;;;;;;;;;;;;;;;;;;;;;;;;/h4,6-9,13-15H,1,5,10-12H2,2-3H3;7-10,12-15H,11H2,1-6H3;2*4-7,10-12H,8-9H2,1-3H3;2-4,6-7,10-12H,1,5,8-9H2;1-2,4-5,8-9H,3,6-7H2;9*1H3;15*1H;;;;;;/q;;;;;;9*-1;;;;;;;;;;;;;;;;3*+2;3*+4/p-15. The van der Waals surface area contributed by atoms with Gasteiger partial charge in [-0.25, -0.2) is 0 Å². The molecule has 12 rings (SSSR count). The summed E-state index contributed by atoms with van der Waals surface area (Å²) in [6.45, 7) is 42.6. The van der Waals surface area contributed by atoms with Gasteiger partial charge in [-0.3, -0.25) is 0 Å². The Labute approximate surface area is 791 Å². The Morgan fingerprint density at radius 2 is 0.600 bits per heavy atom. The Bertz CT molecular complexity index is 2520. The zero-order valence-electron chi connectivity index (χ0n) is 71.6. The van der Waals surface area contributed by atoms with E-state index in [1.807, 2.05) is 0 Å². The van der Waals surface area contributed by atoms with E-state index in [0.717, 1.165) is 112 Å². The summed E-state index contributed by atoms with van der Waals surface area (Å²) in [7, 11) is 71.1. The summed E-state index contributed by atoms with van der Waals surface area (Å²) in [4.78, 5) is 0. The zero-order valence-corrected chi connectivity index (χ0v) is 95.3. The first-order chi connectivity index (χ1) is 47.4. The molecule has 0 aromatic carbocycles. The molecule has 0 heterocycles. The second kappa shape index (κ2) is 72.8. The SMILES string of the molecule is C1=CC2CCCC2C=C1.C=CCC1CCC2C=CC=CC21.C=CCCC(C)(C)C1CCC2C=CC=CC21.CC(C)(C)C1CCC2C=CC=CC21.C[Si](C)(C)C1CC([Si](C)(C)C)C2C=CC=CC21.C[Si](C)(C)C1CCC2C=CC=CC21.[CH3-].[CH3-].[CH3-].[CH3-].[CH3-].[CH3-].[CH3-].[CH3-].[CH3-].[Cl][Ti+]([Cl])[Cl].[Cl][Ti+]([Cl])[Cl].[Cl][Ti+]([Cl])[Cl].[Cl][Ti][Cl].[Cl][Ti][Cl].[Cl][Ti][Cl]. The van der Waals surface area contributed by atoms with Crippen LogP contribution >= 0.6 is 140 Å². The van der Waals surface area contributed by atoms with E-state index in [2.05, 4.69) is 265 Å². The van der Waals surface area contributed by atoms with Crippen molar-refractivity contribution in [2.24, 2.45) is 99.6 Å². The fourth-order valence-electron chi connectivity index (χ4n) is 17.8. The molecule has 0 N–H and O–H groups in total. The Morgan fingerprint density at radius 1 is 0.336 bits per heavy atom. The molecule has 0 saturated heterocycles. The molecule has 12 aliphatic rings. The van der Waals surface area contributed by atoms with Crippen molar-refractivity contribution in [2.75, 3.05) is 0 Å². The molecule has 110 heavy (non-hydrogen) atoms. The van der Waals surface area contributed by atoms with Crippen molar-refractivity contribution >= 4 is 164 Å². The molecule has 6 fully saturated rings. The van der Waals surface area contributed by atoms with E-state index >= 15 is 0 Å². The summed E-state index contributed by atoms with van der Waals surface area (Å²) < 4.78 is 0. The van der Waals surface area contributed by atoms with Gasteiger partial charge in [0.25, 0.3) is 0 Å². The molecule has 0 radical (unpaired) electrons. The normalized spacial score (nSPS) is 28.0. The van der Waals surface area contributed by atoms with Gasteiger partial charge in [0.2, 0.25) is 0 Å². The molecule has 18 unspecified atom stereocenters. The molecule has 0 aliphatic heterocycles. The van der Waals surface area contributed by atoms with Crippen molar-refractivity contribution in [1.29, 1.82) is 0 Å². The maximum atomic E-state index is 4.97. The van der Waals surface area contributed by atoms with E-state index in [-0.39, 0.29) is 66.8 Å². The van der Waals surface area contributed by atoms with Crippen LogP contribution < -0.4 is 0 Å². The molecule has 6 saturated carbocycles. The van der Waals surface area contributed by atoms with Crippen molar-refractivity contribution in [1.82, 2.24) is 0 Å². The summed E-state index contributed by atoms with van der Waals surface area (Å²) in [6.07, 6.45) is 80.6. The van der Waals surface area contributed by atoms with Crippen LogP contribution in [0.2, 0.25) is 75.5 Å². The summed E-state index contributed by atoms with van der Waals surface area (Å²) in [5.74, 6) is 12.8. The molecule has 0 bridgehead atoms. The third kappa shape index (κ3) is 53.8. The summed E-state index contributed by atoms with van der Waals surface area (Å²) in [6, 6.07) is 0. The molecule has 638 valence electrons. The van der Waals surface area contributed by atoms with Gasteiger partial charge >= 0.3 is 235 Å². The Hall–Kier alpha value is 5.65. The van der Waals surface area contributed by atoms with Gasteiger partial charge in [0.15, 0.2) is 0 Å². The Morgan fingerprint density at radius 3 is 0.927 bits per heavy atom. The summed E-state index contributed by atoms with van der Waals surface area (Å²) in [5.41, 5.74) is 3.98. The van der Waals surface area contributed by atoms with Gasteiger partial charge in [-0.15, -0.1) is 13.2 Å². The topological polar surface area (TPSA) is 0 Å². The van der Waals surface area contributed by atoms with Gasteiger partial charge in [-0.1, -0.05) is 271 Å². The Kier molecular flexibility index (Phi) is 88.4. The second-order valence-corrected chi connectivity index (χ2v) is 80.4. The van der Waals surface area contributed by atoms with Crippen molar-refractivity contribution in [2.45, 2.75) is 206 Å². The van der Waals surface area contributed by atoms with Crippen molar-refractivity contribution in [3.8, 4) is 0 Å². The van der Waals surface area contributed by atoms with Crippen molar-refractivity contribution in [3.63, 3.8) is 0 Å². The number of hydrogen-bond acceptors (Lipinski definition) is 0. The molecule has 24 heteroatoms. The quantitative estimate of drug-likeness (QED) is 0.123. The monoisotopic (exact) mass is 2080 g/mol. The number of fused-ring (bicyclic) bond motifs is 6. The van der Waals surface area contributed by atoms with Crippen LogP contribution in [0.5, 0.6) is 0 Å². The van der Waals surface area contributed by atoms with Gasteiger partial charge in [0.1, 0.15) is 0 Å². The van der Waals surface area contributed by atoms with Gasteiger partial charge in [-0.2, -0.15) is 0 Å². The first-order valence-corrected chi connectivity index (χ1v) is 79.0. The van der Waals surface area contributed by atoms with Crippen LogP contribution in [-0.4, -0.2) is 24.2 Å². The molecular formula is C86H147Cl15Si3Ti6-6. The van der Waals surface area contributed by atoms with E-state index in [4.69, 9.17) is 140 Å². The molecule has 0 amide bonds. The first-order valence-electron chi connectivity index (χ1n) is 36.1.